The number of nitrogens with two attached hydrogens (primary N) is 1. The number of hydrogen-bond acceptors (Lipinski definition) is 6. The van der Waals surface area contributed by atoms with Gasteiger partial charge in [0.25, 0.3) is 5.91 Å². The van der Waals surface area contributed by atoms with Crippen molar-refractivity contribution in [2.75, 3.05) is 12.5 Å². The molecule has 0 fully saturated rings. The highest BCUT2D eigenvalue weighted by molar-refractivity contribution is 7.09. The number of carbonyl (C=O) groups excluding carboxylic acids is 1. The summed E-state index contributed by atoms with van der Waals surface area (Å²) in [5, 5.41) is 2.03. The van der Waals surface area contributed by atoms with Gasteiger partial charge in [-0.3, -0.25) is 9.78 Å². The van der Waals surface area contributed by atoms with Gasteiger partial charge in [0.15, 0.2) is 5.82 Å². The molecule has 0 aromatic carbocycles. The number of thiophene rings is 1. The van der Waals surface area contributed by atoms with E-state index in [0.717, 1.165) is 6.42 Å². The Balaban J connectivity index is 2.07. The molecule has 2 aromatic rings. The van der Waals surface area contributed by atoms with Crippen LogP contribution in [-0.4, -0.2) is 33.9 Å². The number of aromatic nitrogens is 2. The summed E-state index contributed by atoms with van der Waals surface area (Å²) < 4.78 is 0. The Morgan fingerprint density at radius 2 is 2.35 bits per heavy atom. The maximum atomic E-state index is 12.3. The van der Waals surface area contributed by atoms with Crippen LogP contribution in [0.5, 0.6) is 0 Å². The van der Waals surface area contributed by atoms with Gasteiger partial charge in [-0.05, 0) is 18.4 Å². The standard InChI is InChI=1S/C13H17N5OS/c1-9(6-10-4-3-5-20-10)18(2)13(19)11-7-15-8-12(16-11)17-14/h3-5,7-9H,6,14H2,1-2H3,(H,16,17). The average molecular weight is 291 g/mol. The van der Waals surface area contributed by atoms with Crippen LogP contribution in [0.2, 0.25) is 0 Å². The molecule has 6 nitrogen and oxygen atoms in total. The Morgan fingerprint density at radius 1 is 1.55 bits per heavy atom. The number of anilines is 1. The summed E-state index contributed by atoms with van der Waals surface area (Å²) in [6.45, 7) is 2.01. The molecule has 2 heterocycles. The number of nitrogens with zero attached hydrogens (tertiary/aromatic N) is 3. The molecule has 1 unspecified atom stereocenters. The first-order valence-corrected chi connectivity index (χ1v) is 7.08. The monoisotopic (exact) mass is 291 g/mol. The van der Waals surface area contributed by atoms with Gasteiger partial charge in [0.2, 0.25) is 0 Å². The number of nitrogens with one attached hydrogen (secondary N) is 1. The summed E-state index contributed by atoms with van der Waals surface area (Å²) in [6.07, 6.45) is 3.73. The van der Waals surface area contributed by atoms with Crippen LogP contribution < -0.4 is 11.3 Å². The lowest BCUT2D eigenvalue weighted by atomic mass is 10.2. The number of hydrogen-bond donors (Lipinski definition) is 2. The van der Waals surface area contributed by atoms with Crippen LogP contribution in [0, 0.1) is 0 Å². The van der Waals surface area contributed by atoms with E-state index in [1.54, 1.807) is 23.3 Å². The molecular formula is C13H17N5OS. The SMILES string of the molecule is CC(Cc1cccs1)N(C)C(=O)c1cncc(NN)n1. The molecule has 0 saturated heterocycles. The number of rotatable bonds is 5. The zero-order valence-corrected chi connectivity index (χ0v) is 12.2. The maximum absolute atomic E-state index is 12.3. The van der Waals surface area contributed by atoms with E-state index in [2.05, 4.69) is 21.5 Å². The van der Waals surface area contributed by atoms with Crippen LogP contribution in [0.15, 0.2) is 29.9 Å². The average Bonchev–Trinajstić information content (AvgIpc) is 2.98. The smallest absolute Gasteiger partial charge is 0.274 e. The molecule has 0 saturated carbocycles. The van der Waals surface area contributed by atoms with Crippen LogP contribution in [0.25, 0.3) is 0 Å². The zero-order chi connectivity index (χ0) is 14.5. The van der Waals surface area contributed by atoms with Crippen molar-refractivity contribution < 1.29 is 4.79 Å². The number of likely N-dealkylation sites (N-methyl/N-ethyl adjacent to an activating group) is 1. The van der Waals surface area contributed by atoms with Crippen LogP contribution >= 0.6 is 11.3 Å². The van der Waals surface area contributed by atoms with E-state index in [4.69, 9.17) is 5.84 Å². The van der Waals surface area contributed by atoms with Gasteiger partial charge in [-0.2, -0.15) is 0 Å². The van der Waals surface area contributed by atoms with Gasteiger partial charge in [0.05, 0.1) is 12.4 Å². The second-order valence-electron chi connectivity index (χ2n) is 4.48. The zero-order valence-electron chi connectivity index (χ0n) is 11.4. The Kier molecular flexibility index (Phi) is 4.65. The van der Waals surface area contributed by atoms with Crippen LogP contribution in [0.4, 0.5) is 5.82 Å². The molecule has 2 rings (SSSR count). The predicted molar refractivity (Wildman–Crippen MR) is 79.4 cm³/mol. The van der Waals surface area contributed by atoms with Gasteiger partial charge in [-0.15, -0.1) is 11.3 Å². The Bertz CT molecular complexity index is 572. The molecule has 1 amide bonds. The lowest BCUT2D eigenvalue weighted by Crippen LogP contribution is -2.37. The largest absolute Gasteiger partial charge is 0.337 e. The van der Waals surface area contributed by atoms with Gasteiger partial charge in [-0.1, -0.05) is 6.07 Å². The molecule has 106 valence electrons. The highest BCUT2D eigenvalue weighted by atomic mass is 32.1. The van der Waals surface area contributed by atoms with Gasteiger partial charge >= 0.3 is 0 Å². The summed E-state index contributed by atoms with van der Waals surface area (Å²) in [4.78, 5) is 23.3. The molecular weight excluding hydrogens is 274 g/mol. The fraction of sp³-hybridized carbons (Fsp3) is 0.308. The molecule has 0 spiro atoms. The summed E-state index contributed by atoms with van der Waals surface area (Å²) in [6, 6.07) is 4.16. The first kappa shape index (κ1) is 14.4. The van der Waals surface area contributed by atoms with E-state index in [-0.39, 0.29) is 17.6 Å². The molecule has 1 atom stereocenters. The minimum Gasteiger partial charge on any atom is -0.337 e. The Hall–Kier alpha value is -1.99. The van der Waals surface area contributed by atoms with E-state index in [1.807, 2.05) is 18.4 Å². The lowest BCUT2D eigenvalue weighted by molar-refractivity contribution is 0.0737. The van der Waals surface area contributed by atoms with Gasteiger partial charge in [0.1, 0.15) is 5.69 Å². The molecule has 3 N–H and O–H groups in total. The van der Waals surface area contributed by atoms with E-state index >= 15 is 0 Å². The van der Waals surface area contributed by atoms with Crippen molar-refractivity contribution in [3.63, 3.8) is 0 Å². The quantitative estimate of drug-likeness (QED) is 0.644. The maximum Gasteiger partial charge on any atom is 0.274 e. The van der Waals surface area contributed by atoms with Crippen molar-refractivity contribution in [3.05, 3.63) is 40.5 Å². The first-order valence-electron chi connectivity index (χ1n) is 6.20. The van der Waals surface area contributed by atoms with Crippen molar-refractivity contribution >= 4 is 23.1 Å². The van der Waals surface area contributed by atoms with E-state index in [1.165, 1.54) is 17.3 Å². The third-order valence-corrected chi connectivity index (χ3v) is 3.96. The minimum atomic E-state index is -0.168. The molecule has 20 heavy (non-hydrogen) atoms. The van der Waals surface area contributed by atoms with Crippen LogP contribution in [0.3, 0.4) is 0 Å². The van der Waals surface area contributed by atoms with Gasteiger partial charge in [-0.25, -0.2) is 10.8 Å². The number of hydrazine groups is 1. The lowest BCUT2D eigenvalue weighted by Gasteiger charge is -2.24. The normalized spacial score (nSPS) is 11.9. The fourth-order valence-corrected chi connectivity index (χ4v) is 2.60. The fourth-order valence-electron chi connectivity index (χ4n) is 1.78. The summed E-state index contributed by atoms with van der Waals surface area (Å²) in [5.41, 5.74) is 2.66. The minimum absolute atomic E-state index is 0.0810. The number of carbonyl (C=O) groups is 1. The predicted octanol–water partition coefficient (Wildman–Crippen LogP) is 1.53. The Morgan fingerprint density at radius 3 is 3.00 bits per heavy atom. The van der Waals surface area contributed by atoms with Crippen molar-refractivity contribution in [2.45, 2.75) is 19.4 Å². The van der Waals surface area contributed by atoms with Crippen molar-refractivity contribution in [3.8, 4) is 0 Å². The van der Waals surface area contributed by atoms with Crippen molar-refractivity contribution in [1.29, 1.82) is 0 Å². The Labute approximate surface area is 121 Å². The molecule has 0 bridgehead atoms. The van der Waals surface area contributed by atoms with E-state index < -0.39 is 0 Å². The highest BCUT2D eigenvalue weighted by Crippen LogP contribution is 2.15. The molecule has 0 aliphatic heterocycles. The van der Waals surface area contributed by atoms with Crippen molar-refractivity contribution in [1.82, 2.24) is 14.9 Å². The third kappa shape index (κ3) is 3.31. The molecule has 2 aromatic heterocycles. The number of nitrogen functional groups attached to an aromatic ring is 1. The second-order valence-corrected chi connectivity index (χ2v) is 5.51. The van der Waals surface area contributed by atoms with Crippen molar-refractivity contribution in [2.24, 2.45) is 5.84 Å². The van der Waals surface area contributed by atoms with Gasteiger partial charge < -0.3 is 10.3 Å². The topological polar surface area (TPSA) is 84.1 Å². The second kappa shape index (κ2) is 6.44. The van der Waals surface area contributed by atoms with E-state index in [0.29, 0.717) is 5.82 Å². The highest BCUT2D eigenvalue weighted by Gasteiger charge is 2.19. The molecule has 0 radical (unpaired) electrons. The van der Waals surface area contributed by atoms with Crippen LogP contribution in [-0.2, 0) is 6.42 Å². The summed E-state index contributed by atoms with van der Waals surface area (Å²) in [7, 11) is 1.77. The summed E-state index contributed by atoms with van der Waals surface area (Å²) >= 11 is 1.69. The molecule has 0 aliphatic carbocycles. The molecule has 0 aliphatic rings. The number of amides is 1. The molecule has 7 heteroatoms. The summed E-state index contributed by atoms with van der Waals surface area (Å²) in [5.74, 6) is 5.47. The van der Waals surface area contributed by atoms with E-state index in [9.17, 15) is 4.79 Å². The third-order valence-electron chi connectivity index (χ3n) is 3.06. The van der Waals surface area contributed by atoms with Gasteiger partial charge in [0, 0.05) is 24.4 Å². The van der Waals surface area contributed by atoms with Crippen LogP contribution in [0.1, 0.15) is 22.3 Å². The first-order chi connectivity index (χ1) is 9.61.